The van der Waals surface area contributed by atoms with Crippen molar-refractivity contribution < 1.29 is 29.2 Å². The minimum Gasteiger partial charge on any atom is -0.507 e. The molecule has 3 N–H and O–H groups in total. The normalized spacial score (nSPS) is 14.8. The van der Waals surface area contributed by atoms with Gasteiger partial charge < -0.3 is 29.7 Å². The number of hydrogen-bond acceptors (Lipinski definition) is 6. The van der Waals surface area contributed by atoms with Gasteiger partial charge in [-0.3, -0.25) is 0 Å². The first-order valence-corrected chi connectivity index (χ1v) is 13.5. The Bertz CT molecular complexity index is 1240. The number of benzene rings is 3. The number of ether oxygens (including phenoxy) is 3. The van der Waals surface area contributed by atoms with Crippen LogP contribution in [0.25, 0.3) is 0 Å². The fourth-order valence-electron chi connectivity index (χ4n) is 4.82. The van der Waals surface area contributed by atoms with E-state index in [-0.39, 0.29) is 17.4 Å². The van der Waals surface area contributed by atoms with Crippen LogP contribution in [0.5, 0.6) is 28.7 Å². The molecule has 38 heavy (non-hydrogen) atoms. The Balaban J connectivity index is 1.38. The van der Waals surface area contributed by atoms with Crippen molar-refractivity contribution in [2.24, 2.45) is 0 Å². The first-order valence-electron chi connectivity index (χ1n) is 13.5. The van der Waals surface area contributed by atoms with Gasteiger partial charge >= 0.3 is 5.97 Å². The highest BCUT2D eigenvalue weighted by Crippen LogP contribution is 2.37. The lowest BCUT2D eigenvalue weighted by Gasteiger charge is -2.18. The summed E-state index contributed by atoms with van der Waals surface area (Å²) >= 11 is 0. The van der Waals surface area contributed by atoms with Crippen molar-refractivity contribution >= 4 is 5.97 Å². The summed E-state index contributed by atoms with van der Waals surface area (Å²) in [5.41, 5.74) is 3.06. The van der Waals surface area contributed by atoms with E-state index in [9.17, 15) is 15.0 Å². The third kappa shape index (κ3) is 6.58. The van der Waals surface area contributed by atoms with E-state index in [1.165, 1.54) is 6.07 Å². The van der Waals surface area contributed by atoms with Crippen LogP contribution >= 0.6 is 0 Å². The molecule has 1 atom stereocenters. The van der Waals surface area contributed by atoms with E-state index >= 15 is 0 Å². The zero-order valence-electron chi connectivity index (χ0n) is 22.2. The van der Waals surface area contributed by atoms with E-state index in [4.69, 9.17) is 14.2 Å². The first kappa shape index (κ1) is 27.3. The summed E-state index contributed by atoms with van der Waals surface area (Å²) < 4.78 is 18.2. The fraction of sp³-hybridized carbons (Fsp3) is 0.387. The van der Waals surface area contributed by atoms with Crippen LogP contribution in [0.1, 0.15) is 72.6 Å². The van der Waals surface area contributed by atoms with Crippen molar-refractivity contribution in [2.45, 2.75) is 58.4 Å². The van der Waals surface area contributed by atoms with Crippen molar-refractivity contribution in [3.8, 4) is 28.7 Å². The quantitative estimate of drug-likeness (QED) is 0.217. The molecule has 202 valence electrons. The Morgan fingerprint density at radius 1 is 0.974 bits per heavy atom. The predicted octanol–water partition coefficient (Wildman–Crippen LogP) is 6.67. The molecular weight excluding hydrogens is 482 g/mol. The Kier molecular flexibility index (Phi) is 9.49. The number of carboxylic acid groups (broad SMARTS) is 1. The van der Waals surface area contributed by atoms with E-state index in [2.05, 4.69) is 25.2 Å². The van der Waals surface area contributed by atoms with E-state index < -0.39 is 5.97 Å². The molecule has 3 aromatic rings. The van der Waals surface area contributed by atoms with Crippen molar-refractivity contribution in [1.29, 1.82) is 0 Å². The Morgan fingerprint density at radius 3 is 2.42 bits per heavy atom. The van der Waals surface area contributed by atoms with Crippen LogP contribution in [-0.4, -0.2) is 35.9 Å². The molecule has 1 heterocycles. The smallest absolute Gasteiger partial charge is 0.339 e. The molecule has 7 nitrogen and oxygen atoms in total. The molecule has 0 bridgehead atoms. The van der Waals surface area contributed by atoms with Crippen molar-refractivity contribution in [2.75, 3.05) is 19.8 Å². The van der Waals surface area contributed by atoms with Gasteiger partial charge in [-0.25, -0.2) is 4.79 Å². The molecule has 0 amide bonds. The maximum absolute atomic E-state index is 11.6. The average Bonchev–Trinajstić information content (AvgIpc) is 3.45. The van der Waals surface area contributed by atoms with E-state index in [0.29, 0.717) is 36.9 Å². The van der Waals surface area contributed by atoms with Gasteiger partial charge in [-0.1, -0.05) is 38.5 Å². The summed E-state index contributed by atoms with van der Waals surface area (Å²) in [6, 6.07) is 16.2. The second-order valence-electron chi connectivity index (χ2n) is 9.46. The number of hydrogen-bond donors (Lipinski definition) is 3. The molecule has 7 heteroatoms. The van der Waals surface area contributed by atoms with Crippen LogP contribution in [-0.2, 0) is 12.8 Å². The Morgan fingerprint density at radius 2 is 1.71 bits per heavy atom. The molecule has 0 aliphatic carbocycles. The molecule has 3 aromatic carbocycles. The molecule has 1 fully saturated rings. The topological polar surface area (TPSA) is 97.3 Å². The molecule has 0 saturated carbocycles. The first-order chi connectivity index (χ1) is 18.5. The summed E-state index contributed by atoms with van der Waals surface area (Å²) in [5, 5.41) is 23.5. The average molecular weight is 520 g/mol. The predicted molar refractivity (Wildman–Crippen MR) is 147 cm³/mol. The number of carboxylic acids is 1. The second kappa shape index (κ2) is 13.2. The molecule has 1 saturated heterocycles. The highest BCUT2D eigenvalue weighted by Gasteiger charge is 2.21. The highest BCUT2D eigenvalue weighted by molar-refractivity contribution is 5.91. The third-order valence-electron chi connectivity index (χ3n) is 6.76. The van der Waals surface area contributed by atoms with Gasteiger partial charge in [0.25, 0.3) is 0 Å². The zero-order valence-corrected chi connectivity index (χ0v) is 22.2. The summed E-state index contributed by atoms with van der Waals surface area (Å²) in [5.74, 6) is 1.57. The van der Waals surface area contributed by atoms with Gasteiger partial charge in [0.1, 0.15) is 34.3 Å². The molecule has 4 rings (SSSR count). The number of aryl methyl sites for hydroxylation is 1. The number of aromatic hydroxyl groups is 1. The summed E-state index contributed by atoms with van der Waals surface area (Å²) in [6.07, 6.45) is 5.26. The van der Waals surface area contributed by atoms with Gasteiger partial charge in [-0.2, -0.15) is 0 Å². The maximum atomic E-state index is 11.6. The van der Waals surface area contributed by atoms with Crippen LogP contribution in [0.3, 0.4) is 0 Å². The summed E-state index contributed by atoms with van der Waals surface area (Å²) in [6.45, 7) is 6.05. The number of carbonyl (C=O) groups is 1. The summed E-state index contributed by atoms with van der Waals surface area (Å²) in [7, 11) is 0. The number of aromatic carboxylic acids is 1. The molecule has 1 aliphatic heterocycles. The molecule has 0 spiro atoms. The maximum Gasteiger partial charge on any atom is 0.339 e. The highest BCUT2D eigenvalue weighted by atomic mass is 16.5. The van der Waals surface area contributed by atoms with Crippen LogP contribution in [0.15, 0.2) is 54.6 Å². The van der Waals surface area contributed by atoms with Gasteiger partial charge in [0.05, 0.1) is 13.2 Å². The van der Waals surface area contributed by atoms with Crippen LogP contribution < -0.4 is 19.5 Å². The Hall–Kier alpha value is -3.71. The van der Waals surface area contributed by atoms with Crippen LogP contribution in [0.2, 0.25) is 0 Å². The largest absolute Gasteiger partial charge is 0.507 e. The number of phenols is 1. The molecular formula is C31H37NO6. The van der Waals surface area contributed by atoms with Gasteiger partial charge in [0.2, 0.25) is 0 Å². The number of phenolic OH excluding ortho intramolecular Hbond substituents is 1. The number of para-hydroxylation sites is 1. The van der Waals surface area contributed by atoms with Crippen molar-refractivity contribution in [3.63, 3.8) is 0 Å². The van der Waals surface area contributed by atoms with Crippen LogP contribution in [0, 0.1) is 0 Å². The lowest BCUT2D eigenvalue weighted by atomic mass is 9.99. The Labute approximate surface area is 224 Å². The lowest BCUT2D eigenvalue weighted by Crippen LogP contribution is -2.13. The monoisotopic (exact) mass is 519 g/mol. The van der Waals surface area contributed by atoms with Crippen molar-refractivity contribution in [1.82, 2.24) is 5.32 Å². The lowest BCUT2D eigenvalue weighted by molar-refractivity contribution is 0.0694. The number of nitrogens with one attached hydrogen (secondary N) is 1. The van der Waals surface area contributed by atoms with Crippen molar-refractivity contribution in [3.05, 3.63) is 76.9 Å². The molecule has 1 unspecified atom stereocenters. The SMILES string of the molecule is CCCc1c(OCCCOc2cc(O)c(C3CCCN3)cc2CC)cccc1Oc1ccccc1C(=O)O. The molecule has 0 aromatic heterocycles. The summed E-state index contributed by atoms with van der Waals surface area (Å²) in [4.78, 5) is 11.6. The minimum absolute atomic E-state index is 0.114. The second-order valence-corrected chi connectivity index (χ2v) is 9.46. The minimum atomic E-state index is -1.03. The van der Waals surface area contributed by atoms with Crippen LogP contribution in [0.4, 0.5) is 0 Å². The van der Waals surface area contributed by atoms with E-state index in [0.717, 1.165) is 61.1 Å². The standard InChI is InChI=1S/C31H37NO6/c1-3-10-22-27(14-7-15-28(22)38-29-13-6-5-11-23(29)31(34)35)36-17-9-18-37-30-20-26(33)24(19-21(30)4-2)25-12-8-16-32-25/h5-7,11,13-15,19-20,25,32-33H,3-4,8-10,12,16-18H2,1-2H3,(H,34,35). The van der Waals surface area contributed by atoms with Gasteiger partial charge in [-0.05, 0) is 68.1 Å². The van der Waals surface area contributed by atoms with E-state index in [1.54, 1.807) is 24.3 Å². The number of rotatable bonds is 13. The van der Waals surface area contributed by atoms with Gasteiger partial charge in [0.15, 0.2) is 0 Å². The van der Waals surface area contributed by atoms with E-state index in [1.807, 2.05) is 18.2 Å². The van der Waals surface area contributed by atoms with Gasteiger partial charge in [-0.15, -0.1) is 0 Å². The molecule has 1 aliphatic rings. The van der Waals surface area contributed by atoms with Gasteiger partial charge in [0, 0.05) is 29.7 Å². The fourth-order valence-corrected chi connectivity index (χ4v) is 4.82. The zero-order chi connectivity index (χ0) is 26.9. The third-order valence-corrected chi connectivity index (χ3v) is 6.76. The molecule has 0 radical (unpaired) electrons.